The van der Waals surface area contributed by atoms with E-state index in [-0.39, 0.29) is 36.4 Å². The Balaban J connectivity index is 1.48. The molecular formula is C28H38N2O4S. The van der Waals surface area contributed by atoms with E-state index in [0.29, 0.717) is 25.6 Å². The SMILES string of the molecule is CC(C)C(=O)N(CC(=O)N1CCc2sccc2[C@@H]1COc1ccc(C(C)C)cc1)C[C@@H]1CCCO1. The maximum absolute atomic E-state index is 13.6. The summed E-state index contributed by atoms with van der Waals surface area (Å²) in [6.07, 6.45) is 2.79. The van der Waals surface area contributed by atoms with E-state index >= 15 is 0 Å². The van der Waals surface area contributed by atoms with Crippen LogP contribution in [0.25, 0.3) is 0 Å². The molecule has 2 aromatic rings. The van der Waals surface area contributed by atoms with Crippen LogP contribution in [0, 0.1) is 5.92 Å². The fourth-order valence-electron chi connectivity index (χ4n) is 4.88. The minimum atomic E-state index is -0.166. The summed E-state index contributed by atoms with van der Waals surface area (Å²) in [5, 5.41) is 2.09. The van der Waals surface area contributed by atoms with E-state index in [9.17, 15) is 9.59 Å². The molecule has 6 nitrogen and oxygen atoms in total. The molecule has 1 saturated heterocycles. The molecule has 1 fully saturated rings. The van der Waals surface area contributed by atoms with E-state index in [4.69, 9.17) is 9.47 Å². The average Bonchev–Trinajstić information content (AvgIpc) is 3.53. The Morgan fingerprint density at radius 1 is 1.17 bits per heavy atom. The molecular weight excluding hydrogens is 460 g/mol. The van der Waals surface area contributed by atoms with Gasteiger partial charge in [-0.1, -0.05) is 39.8 Å². The van der Waals surface area contributed by atoms with Crippen LogP contribution in [0.5, 0.6) is 5.75 Å². The van der Waals surface area contributed by atoms with Crippen LogP contribution in [0.4, 0.5) is 0 Å². The molecule has 190 valence electrons. The standard InChI is InChI=1S/C28H38N2O4S/c1-19(2)21-7-9-22(10-8-21)34-18-25-24-12-15-35-26(24)11-13-30(25)27(31)17-29(28(32)20(3)4)16-23-6-5-14-33-23/h7-10,12,15,19-20,23,25H,5-6,11,13-14,16-18H2,1-4H3/t23-,25-/m0/s1. The van der Waals surface area contributed by atoms with Gasteiger partial charge in [0.15, 0.2) is 0 Å². The zero-order valence-electron chi connectivity index (χ0n) is 21.4. The molecule has 2 aliphatic heterocycles. The highest BCUT2D eigenvalue weighted by molar-refractivity contribution is 7.10. The molecule has 2 atom stereocenters. The fourth-order valence-corrected chi connectivity index (χ4v) is 5.81. The van der Waals surface area contributed by atoms with E-state index in [1.54, 1.807) is 16.2 Å². The van der Waals surface area contributed by atoms with Gasteiger partial charge in [0.05, 0.1) is 18.7 Å². The highest BCUT2D eigenvalue weighted by Crippen LogP contribution is 2.34. The second-order valence-corrected chi connectivity index (χ2v) is 11.2. The molecule has 4 rings (SSSR count). The normalized spacial score (nSPS) is 19.8. The van der Waals surface area contributed by atoms with Crippen LogP contribution in [0.3, 0.4) is 0 Å². The summed E-state index contributed by atoms with van der Waals surface area (Å²) in [6, 6.07) is 10.1. The number of fused-ring (bicyclic) bond motifs is 1. The van der Waals surface area contributed by atoms with Crippen molar-refractivity contribution in [3.05, 3.63) is 51.7 Å². The molecule has 1 aromatic carbocycles. The van der Waals surface area contributed by atoms with Gasteiger partial charge in [-0.15, -0.1) is 11.3 Å². The Kier molecular flexibility index (Phi) is 8.50. The van der Waals surface area contributed by atoms with Crippen molar-refractivity contribution in [2.45, 2.75) is 65.0 Å². The van der Waals surface area contributed by atoms with Crippen molar-refractivity contribution in [1.29, 1.82) is 0 Å². The molecule has 0 N–H and O–H groups in total. The number of rotatable bonds is 9. The number of amides is 2. The lowest BCUT2D eigenvalue weighted by molar-refractivity contribution is -0.145. The maximum Gasteiger partial charge on any atom is 0.242 e. The van der Waals surface area contributed by atoms with E-state index < -0.39 is 0 Å². The minimum absolute atomic E-state index is 0.000115. The first-order valence-electron chi connectivity index (χ1n) is 12.8. The molecule has 1 aromatic heterocycles. The summed E-state index contributed by atoms with van der Waals surface area (Å²) < 4.78 is 12.0. The quantitative estimate of drug-likeness (QED) is 0.486. The average molecular weight is 499 g/mol. The molecule has 0 unspecified atom stereocenters. The van der Waals surface area contributed by atoms with Crippen molar-refractivity contribution in [2.24, 2.45) is 5.92 Å². The first-order chi connectivity index (χ1) is 16.8. The van der Waals surface area contributed by atoms with Gasteiger partial charge in [-0.05, 0) is 59.9 Å². The van der Waals surface area contributed by atoms with Gasteiger partial charge < -0.3 is 19.3 Å². The van der Waals surface area contributed by atoms with E-state index in [1.807, 2.05) is 30.9 Å². The molecule has 0 bridgehead atoms. The van der Waals surface area contributed by atoms with E-state index in [2.05, 4.69) is 37.4 Å². The Bertz CT molecular complexity index is 995. The topological polar surface area (TPSA) is 59.1 Å². The number of carbonyl (C=O) groups excluding carboxylic acids is 2. The summed E-state index contributed by atoms with van der Waals surface area (Å²) >= 11 is 1.74. The number of carbonyl (C=O) groups is 2. The van der Waals surface area contributed by atoms with Crippen molar-refractivity contribution < 1.29 is 19.1 Å². The summed E-state index contributed by atoms with van der Waals surface area (Å²) in [7, 11) is 0. The Labute approximate surface area is 213 Å². The van der Waals surface area contributed by atoms with Crippen LogP contribution in [-0.4, -0.2) is 60.6 Å². The third kappa shape index (κ3) is 6.25. The third-order valence-electron chi connectivity index (χ3n) is 6.95. The lowest BCUT2D eigenvalue weighted by Crippen LogP contribution is -2.50. The van der Waals surface area contributed by atoms with Crippen LogP contribution >= 0.6 is 11.3 Å². The highest BCUT2D eigenvalue weighted by Gasteiger charge is 2.34. The van der Waals surface area contributed by atoms with Crippen LogP contribution in [0.1, 0.15) is 68.5 Å². The van der Waals surface area contributed by atoms with Gasteiger partial charge in [0.2, 0.25) is 11.8 Å². The monoisotopic (exact) mass is 498 g/mol. The first-order valence-corrected chi connectivity index (χ1v) is 13.7. The molecule has 2 amide bonds. The minimum Gasteiger partial charge on any atom is -0.491 e. The van der Waals surface area contributed by atoms with Crippen LogP contribution in [0.15, 0.2) is 35.7 Å². The fraction of sp³-hybridized carbons (Fsp3) is 0.571. The Morgan fingerprint density at radius 3 is 2.60 bits per heavy atom. The van der Waals surface area contributed by atoms with Crippen molar-refractivity contribution in [1.82, 2.24) is 9.80 Å². The van der Waals surface area contributed by atoms with Gasteiger partial charge in [0, 0.05) is 30.5 Å². The van der Waals surface area contributed by atoms with Crippen LogP contribution in [-0.2, 0) is 20.7 Å². The summed E-state index contributed by atoms with van der Waals surface area (Å²) in [5.41, 5.74) is 2.43. The lowest BCUT2D eigenvalue weighted by atomic mass is 10.00. The van der Waals surface area contributed by atoms with Gasteiger partial charge in [-0.3, -0.25) is 9.59 Å². The zero-order valence-corrected chi connectivity index (χ0v) is 22.2. The number of thiophene rings is 1. The number of hydrogen-bond acceptors (Lipinski definition) is 5. The van der Waals surface area contributed by atoms with E-state index in [0.717, 1.165) is 37.2 Å². The largest absolute Gasteiger partial charge is 0.491 e. The van der Waals surface area contributed by atoms with Crippen molar-refractivity contribution in [3.8, 4) is 5.75 Å². The molecule has 7 heteroatoms. The smallest absolute Gasteiger partial charge is 0.242 e. The summed E-state index contributed by atoms with van der Waals surface area (Å²) in [6.45, 7) is 10.4. The third-order valence-corrected chi connectivity index (χ3v) is 7.95. The van der Waals surface area contributed by atoms with Crippen molar-refractivity contribution in [3.63, 3.8) is 0 Å². The number of nitrogens with zero attached hydrogens (tertiary/aromatic N) is 2. The van der Waals surface area contributed by atoms with Crippen molar-refractivity contribution in [2.75, 3.05) is 32.8 Å². The van der Waals surface area contributed by atoms with Gasteiger partial charge in [0.1, 0.15) is 12.4 Å². The van der Waals surface area contributed by atoms with Gasteiger partial charge in [-0.2, -0.15) is 0 Å². The predicted molar refractivity (Wildman–Crippen MR) is 139 cm³/mol. The molecule has 0 radical (unpaired) electrons. The van der Waals surface area contributed by atoms with Crippen LogP contribution < -0.4 is 4.74 Å². The highest BCUT2D eigenvalue weighted by atomic mass is 32.1. The number of benzene rings is 1. The predicted octanol–water partition coefficient (Wildman–Crippen LogP) is 5.04. The summed E-state index contributed by atoms with van der Waals surface area (Å²) in [4.78, 5) is 31.5. The number of ether oxygens (including phenoxy) is 2. The molecule has 0 aliphatic carbocycles. The first kappa shape index (κ1) is 25.7. The maximum atomic E-state index is 13.6. The van der Waals surface area contributed by atoms with E-state index in [1.165, 1.54) is 10.4 Å². The van der Waals surface area contributed by atoms with Gasteiger partial charge in [0.25, 0.3) is 0 Å². The van der Waals surface area contributed by atoms with Gasteiger partial charge >= 0.3 is 0 Å². The molecule has 0 spiro atoms. The molecule has 3 heterocycles. The van der Waals surface area contributed by atoms with Crippen LogP contribution in [0.2, 0.25) is 0 Å². The lowest BCUT2D eigenvalue weighted by Gasteiger charge is -2.37. The summed E-state index contributed by atoms with van der Waals surface area (Å²) in [5.74, 6) is 1.08. The second-order valence-electron chi connectivity index (χ2n) is 10.2. The number of hydrogen-bond donors (Lipinski definition) is 0. The van der Waals surface area contributed by atoms with Crippen molar-refractivity contribution >= 4 is 23.2 Å². The van der Waals surface area contributed by atoms with Gasteiger partial charge in [-0.25, -0.2) is 0 Å². The zero-order chi connectivity index (χ0) is 24.9. The Morgan fingerprint density at radius 2 is 1.94 bits per heavy atom. The molecule has 2 aliphatic rings. The molecule has 0 saturated carbocycles. The molecule has 35 heavy (non-hydrogen) atoms. The second kappa shape index (κ2) is 11.6. The Hall–Kier alpha value is -2.38.